The van der Waals surface area contributed by atoms with Gasteiger partial charge >= 0.3 is 5.69 Å². The van der Waals surface area contributed by atoms with Crippen molar-refractivity contribution in [3.63, 3.8) is 0 Å². The maximum Gasteiger partial charge on any atom is 0.329 e. The van der Waals surface area contributed by atoms with Crippen LogP contribution in [0, 0.1) is 10.1 Å². The van der Waals surface area contributed by atoms with Crippen molar-refractivity contribution in [2.45, 2.75) is 58.9 Å². The summed E-state index contributed by atoms with van der Waals surface area (Å²) in [6.45, 7) is 6.85. The van der Waals surface area contributed by atoms with Crippen LogP contribution in [0.15, 0.2) is 6.20 Å². The first-order valence-corrected chi connectivity index (χ1v) is 7.64. The molecule has 7 heteroatoms. The predicted octanol–water partition coefficient (Wildman–Crippen LogP) is 3.59. The van der Waals surface area contributed by atoms with Crippen molar-refractivity contribution in [2.24, 2.45) is 0 Å². The highest BCUT2D eigenvalue weighted by Crippen LogP contribution is 2.24. The minimum absolute atomic E-state index is 0.0748. The summed E-state index contributed by atoms with van der Waals surface area (Å²) in [6, 6.07) is 0.207. The van der Waals surface area contributed by atoms with Crippen LogP contribution in [0.4, 0.5) is 17.5 Å². The molecule has 1 atom stereocenters. The highest BCUT2D eigenvalue weighted by Gasteiger charge is 2.20. The Bertz CT molecular complexity index is 453. The largest absolute Gasteiger partial charge is 0.361 e. The summed E-state index contributed by atoms with van der Waals surface area (Å²) in [5.41, 5.74) is -0.0748. The van der Waals surface area contributed by atoms with E-state index < -0.39 is 4.92 Å². The lowest BCUT2D eigenvalue weighted by Crippen LogP contribution is -2.21. The number of anilines is 2. The molecule has 1 rings (SSSR count). The van der Waals surface area contributed by atoms with Gasteiger partial charge in [0.15, 0.2) is 0 Å². The molecular formula is C14H25N5O2. The first-order valence-electron chi connectivity index (χ1n) is 7.64. The zero-order valence-electron chi connectivity index (χ0n) is 13.1. The van der Waals surface area contributed by atoms with Gasteiger partial charge < -0.3 is 10.6 Å². The van der Waals surface area contributed by atoms with Crippen molar-refractivity contribution < 1.29 is 4.92 Å². The standard InChI is InChI=1S/C14H25N5O2/c1-4-7-9-11(8-5-2)17-13-12(19(20)21)10-16-14(18-13)15-6-3/h10-11H,4-9H2,1-3H3,(H2,15,16,17,18). The highest BCUT2D eigenvalue weighted by molar-refractivity contribution is 5.57. The topological polar surface area (TPSA) is 93.0 Å². The van der Waals surface area contributed by atoms with Gasteiger partial charge in [0.2, 0.25) is 11.8 Å². The molecule has 0 fully saturated rings. The zero-order valence-corrected chi connectivity index (χ0v) is 13.1. The molecule has 0 amide bonds. The van der Waals surface area contributed by atoms with E-state index in [1.807, 2.05) is 6.92 Å². The van der Waals surface area contributed by atoms with Gasteiger partial charge in [0.05, 0.1) is 4.92 Å². The first kappa shape index (κ1) is 17.1. The van der Waals surface area contributed by atoms with Gasteiger partial charge in [-0.05, 0) is 19.8 Å². The van der Waals surface area contributed by atoms with Crippen molar-refractivity contribution in [1.29, 1.82) is 0 Å². The SMILES string of the molecule is CCCCC(CCC)Nc1nc(NCC)ncc1[N+](=O)[O-]. The van der Waals surface area contributed by atoms with Crippen LogP contribution in [0.1, 0.15) is 52.9 Å². The van der Waals surface area contributed by atoms with E-state index in [0.717, 1.165) is 32.1 Å². The lowest BCUT2D eigenvalue weighted by atomic mass is 10.1. The van der Waals surface area contributed by atoms with E-state index in [4.69, 9.17) is 0 Å². The Kier molecular flexibility index (Phi) is 7.42. The van der Waals surface area contributed by atoms with Crippen molar-refractivity contribution in [3.05, 3.63) is 16.3 Å². The summed E-state index contributed by atoms with van der Waals surface area (Å²) in [5.74, 6) is 0.719. The number of hydrogen-bond donors (Lipinski definition) is 2. The molecule has 0 saturated carbocycles. The number of nitrogens with one attached hydrogen (secondary N) is 2. The van der Waals surface area contributed by atoms with Crippen LogP contribution < -0.4 is 10.6 Å². The summed E-state index contributed by atoms with van der Waals surface area (Å²) in [6.07, 6.45) is 6.45. The van der Waals surface area contributed by atoms with Crippen LogP contribution in [-0.4, -0.2) is 27.5 Å². The molecule has 0 spiro atoms. The second-order valence-electron chi connectivity index (χ2n) is 4.99. The van der Waals surface area contributed by atoms with E-state index in [9.17, 15) is 10.1 Å². The van der Waals surface area contributed by atoms with Gasteiger partial charge in [0.25, 0.3) is 0 Å². The zero-order chi connectivity index (χ0) is 15.7. The van der Waals surface area contributed by atoms with Crippen LogP contribution in [0.3, 0.4) is 0 Å². The molecule has 1 aromatic heterocycles. The summed E-state index contributed by atoms with van der Waals surface area (Å²) < 4.78 is 0. The Balaban J connectivity index is 2.94. The fraction of sp³-hybridized carbons (Fsp3) is 0.714. The first-order chi connectivity index (χ1) is 10.1. The predicted molar refractivity (Wildman–Crippen MR) is 84.7 cm³/mol. The number of nitrogens with zero attached hydrogens (tertiary/aromatic N) is 3. The Labute approximate surface area is 125 Å². The third kappa shape index (κ3) is 5.53. The van der Waals surface area contributed by atoms with E-state index in [2.05, 4.69) is 34.4 Å². The molecule has 0 aliphatic carbocycles. The van der Waals surface area contributed by atoms with Crippen molar-refractivity contribution in [2.75, 3.05) is 17.2 Å². The van der Waals surface area contributed by atoms with Gasteiger partial charge in [-0.3, -0.25) is 10.1 Å². The number of aromatic nitrogens is 2. The summed E-state index contributed by atoms with van der Waals surface area (Å²) in [7, 11) is 0. The van der Waals surface area contributed by atoms with Gasteiger partial charge in [0.1, 0.15) is 6.20 Å². The lowest BCUT2D eigenvalue weighted by molar-refractivity contribution is -0.384. The average molecular weight is 295 g/mol. The van der Waals surface area contributed by atoms with Crippen LogP contribution in [-0.2, 0) is 0 Å². The second kappa shape index (κ2) is 9.10. The van der Waals surface area contributed by atoms with Gasteiger partial charge in [-0.15, -0.1) is 0 Å². The summed E-state index contributed by atoms with van der Waals surface area (Å²) in [5, 5.41) is 17.3. The molecular weight excluding hydrogens is 270 g/mol. The van der Waals surface area contributed by atoms with Crippen LogP contribution in [0.5, 0.6) is 0 Å². The third-order valence-electron chi connectivity index (χ3n) is 3.19. The minimum atomic E-state index is -0.444. The van der Waals surface area contributed by atoms with Crippen molar-refractivity contribution in [3.8, 4) is 0 Å². The van der Waals surface area contributed by atoms with E-state index in [0.29, 0.717) is 18.3 Å². The van der Waals surface area contributed by atoms with Gasteiger partial charge in [-0.25, -0.2) is 4.98 Å². The molecule has 0 aromatic carbocycles. The molecule has 0 aliphatic heterocycles. The van der Waals surface area contributed by atoms with E-state index in [1.54, 1.807) is 0 Å². The molecule has 0 radical (unpaired) electrons. The maximum absolute atomic E-state index is 11.1. The van der Waals surface area contributed by atoms with Gasteiger partial charge in [0, 0.05) is 12.6 Å². The molecule has 0 saturated heterocycles. The summed E-state index contributed by atoms with van der Waals surface area (Å²) >= 11 is 0. The normalized spacial score (nSPS) is 12.0. The Morgan fingerprint density at radius 1 is 1.29 bits per heavy atom. The second-order valence-corrected chi connectivity index (χ2v) is 4.99. The molecule has 7 nitrogen and oxygen atoms in total. The van der Waals surface area contributed by atoms with E-state index in [-0.39, 0.29) is 11.7 Å². The van der Waals surface area contributed by atoms with Gasteiger partial charge in [-0.2, -0.15) is 4.98 Å². The van der Waals surface area contributed by atoms with Gasteiger partial charge in [-0.1, -0.05) is 33.1 Å². The number of rotatable bonds is 10. The molecule has 1 aromatic rings. The molecule has 0 aliphatic rings. The fourth-order valence-electron chi connectivity index (χ4n) is 2.14. The van der Waals surface area contributed by atoms with Crippen LogP contribution in [0.25, 0.3) is 0 Å². The van der Waals surface area contributed by atoms with Crippen LogP contribution >= 0.6 is 0 Å². The molecule has 1 heterocycles. The van der Waals surface area contributed by atoms with E-state index >= 15 is 0 Å². The number of hydrogen-bond acceptors (Lipinski definition) is 6. The third-order valence-corrected chi connectivity index (χ3v) is 3.19. The fourth-order valence-corrected chi connectivity index (χ4v) is 2.14. The lowest BCUT2D eigenvalue weighted by Gasteiger charge is -2.18. The summed E-state index contributed by atoms with van der Waals surface area (Å²) in [4.78, 5) is 18.9. The number of nitro groups is 1. The molecule has 2 N–H and O–H groups in total. The van der Waals surface area contributed by atoms with Crippen LogP contribution in [0.2, 0.25) is 0 Å². The van der Waals surface area contributed by atoms with E-state index in [1.165, 1.54) is 6.20 Å². The quantitative estimate of drug-likeness (QED) is 0.506. The van der Waals surface area contributed by atoms with Crippen molar-refractivity contribution in [1.82, 2.24) is 9.97 Å². The minimum Gasteiger partial charge on any atom is -0.361 e. The van der Waals surface area contributed by atoms with Crippen molar-refractivity contribution >= 4 is 17.5 Å². The Hall–Kier alpha value is -1.92. The monoisotopic (exact) mass is 295 g/mol. The molecule has 21 heavy (non-hydrogen) atoms. The number of unbranched alkanes of at least 4 members (excludes halogenated alkanes) is 1. The smallest absolute Gasteiger partial charge is 0.329 e. The highest BCUT2D eigenvalue weighted by atomic mass is 16.6. The Morgan fingerprint density at radius 2 is 2.05 bits per heavy atom. The molecule has 118 valence electrons. The maximum atomic E-state index is 11.1. The average Bonchev–Trinajstić information content (AvgIpc) is 2.45. The Morgan fingerprint density at radius 3 is 2.62 bits per heavy atom. The molecule has 0 bridgehead atoms. The molecule has 1 unspecified atom stereocenters.